The maximum absolute atomic E-state index is 10.6. The number of aryl methyl sites for hydroxylation is 1. The van der Waals surface area contributed by atoms with Gasteiger partial charge >= 0.3 is 0 Å². The van der Waals surface area contributed by atoms with Crippen LogP contribution in [0.3, 0.4) is 0 Å². The molecule has 1 unspecified atom stereocenters. The third-order valence-electron chi connectivity index (χ3n) is 3.53. The molecule has 0 aromatic carbocycles. The third kappa shape index (κ3) is 3.31. The van der Waals surface area contributed by atoms with E-state index in [9.17, 15) is 5.11 Å². The van der Waals surface area contributed by atoms with E-state index >= 15 is 0 Å². The van der Waals surface area contributed by atoms with Crippen LogP contribution < -0.4 is 0 Å². The van der Waals surface area contributed by atoms with Crippen LogP contribution in [-0.2, 0) is 13.6 Å². The van der Waals surface area contributed by atoms with Gasteiger partial charge < -0.3 is 14.6 Å². The molecule has 0 radical (unpaired) electrons. The zero-order valence-electron chi connectivity index (χ0n) is 11.6. The lowest BCUT2D eigenvalue weighted by molar-refractivity contribution is -0.0486. The van der Waals surface area contributed by atoms with Gasteiger partial charge in [-0.3, -0.25) is 4.90 Å². The summed E-state index contributed by atoms with van der Waals surface area (Å²) in [7, 11) is 6.03. The molecule has 0 spiro atoms. The minimum atomic E-state index is -0.576. The number of imidazole rings is 1. The Hall–Kier alpha value is -0.910. The number of nitrogens with zero attached hydrogens (tertiary/aromatic N) is 4. The smallest absolute Gasteiger partial charge is 0.122 e. The average molecular weight is 252 g/mol. The summed E-state index contributed by atoms with van der Waals surface area (Å²) in [5, 5.41) is 10.6. The van der Waals surface area contributed by atoms with Crippen LogP contribution in [0.1, 0.15) is 18.7 Å². The van der Waals surface area contributed by atoms with Gasteiger partial charge in [0, 0.05) is 32.5 Å². The molecule has 18 heavy (non-hydrogen) atoms. The predicted molar refractivity (Wildman–Crippen MR) is 71.2 cm³/mol. The van der Waals surface area contributed by atoms with E-state index in [2.05, 4.69) is 14.8 Å². The maximum Gasteiger partial charge on any atom is 0.122 e. The van der Waals surface area contributed by atoms with Crippen molar-refractivity contribution >= 4 is 0 Å². The van der Waals surface area contributed by atoms with Crippen molar-refractivity contribution in [3.05, 3.63) is 18.2 Å². The summed E-state index contributed by atoms with van der Waals surface area (Å²) in [5.74, 6) is 1.06. The molecular formula is C13H24N4O. The molecule has 1 saturated heterocycles. The molecule has 1 atom stereocenters. The van der Waals surface area contributed by atoms with E-state index in [1.165, 1.54) is 0 Å². The second kappa shape index (κ2) is 5.38. The Morgan fingerprint density at radius 2 is 2.28 bits per heavy atom. The van der Waals surface area contributed by atoms with Gasteiger partial charge in [0.15, 0.2) is 0 Å². The molecule has 5 nitrogen and oxygen atoms in total. The van der Waals surface area contributed by atoms with Crippen molar-refractivity contribution < 1.29 is 5.11 Å². The molecule has 2 rings (SSSR count). The Bertz CT molecular complexity index is 390. The highest BCUT2D eigenvalue weighted by atomic mass is 16.3. The molecule has 2 heterocycles. The lowest BCUT2D eigenvalue weighted by atomic mass is 9.92. The fraction of sp³-hybridized carbons (Fsp3) is 0.769. The Morgan fingerprint density at radius 1 is 1.50 bits per heavy atom. The third-order valence-corrected chi connectivity index (χ3v) is 3.53. The van der Waals surface area contributed by atoms with Gasteiger partial charge in [0.25, 0.3) is 0 Å². The van der Waals surface area contributed by atoms with Crippen LogP contribution in [0.15, 0.2) is 12.4 Å². The fourth-order valence-corrected chi connectivity index (χ4v) is 2.81. The predicted octanol–water partition coefficient (Wildman–Crippen LogP) is 0.309. The van der Waals surface area contributed by atoms with Gasteiger partial charge in [-0.15, -0.1) is 0 Å². The molecule has 0 saturated carbocycles. The highest BCUT2D eigenvalue weighted by Gasteiger charge is 2.33. The van der Waals surface area contributed by atoms with Crippen molar-refractivity contribution in [3.8, 4) is 0 Å². The van der Waals surface area contributed by atoms with Gasteiger partial charge in [-0.2, -0.15) is 0 Å². The second-order valence-electron chi connectivity index (χ2n) is 5.73. The van der Waals surface area contributed by atoms with Crippen molar-refractivity contribution in [2.45, 2.75) is 25.0 Å². The van der Waals surface area contributed by atoms with Gasteiger partial charge in [0.1, 0.15) is 5.82 Å². The molecule has 5 heteroatoms. The molecule has 0 bridgehead atoms. The van der Waals surface area contributed by atoms with Crippen LogP contribution >= 0.6 is 0 Å². The molecule has 0 amide bonds. The molecule has 0 aliphatic carbocycles. The lowest BCUT2D eigenvalue weighted by Crippen LogP contribution is -2.53. The quantitative estimate of drug-likeness (QED) is 0.837. The lowest BCUT2D eigenvalue weighted by Gasteiger charge is -2.40. The van der Waals surface area contributed by atoms with Crippen molar-refractivity contribution in [2.75, 3.05) is 33.7 Å². The van der Waals surface area contributed by atoms with E-state index in [1.54, 1.807) is 0 Å². The Labute approximate surface area is 109 Å². The summed E-state index contributed by atoms with van der Waals surface area (Å²) in [6.07, 6.45) is 5.73. The van der Waals surface area contributed by atoms with E-state index in [1.807, 2.05) is 38.1 Å². The van der Waals surface area contributed by atoms with Crippen LogP contribution in [0.5, 0.6) is 0 Å². The maximum atomic E-state index is 10.6. The van der Waals surface area contributed by atoms with E-state index in [4.69, 9.17) is 0 Å². The molecule has 102 valence electrons. The summed E-state index contributed by atoms with van der Waals surface area (Å²) >= 11 is 0. The van der Waals surface area contributed by atoms with Gasteiger partial charge in [-0.25, -0.2) is 4.98 Å². The van der Waals surface area contributed by atoms with Crippen LogP contribution in [-0.4, -0.2) is 63.8 Å². The second-order valence-corrected chi connectivity index (χ2v) is 5.73. The van der Waals surface area contributed by atoms with Crippen LogP contribution in [0.25, 0.3) is 0 Å². The van der Waals surface area contributed by atoms with Crippen LogP contribution in [0.4, 0.5) is 0 Å². The number of β-amino-alcohol motifs (C(OH)–C–C–N with tert-alkyl or cyclic N) is 1. The number of aliphatic hydroxyl groups is 1. The molecule has 1 aromatic heterocycles. The molecule has 1 fully saturated rings. The first kappa shape index (κ1) is 13.5. The summed E-state index contributed by atoms with van der Waals surface area (Å²) in [6.45, 7) is 3.32. The Balaban J connectivity index is 1.96. The zero-order valence-corrected chi connectivity index (χ0v) is 11.6. The van der Waals surface area contributed by atoms with Crippen LogP contribution in [0, 0.1) is 0 Å². The minimum Gasteiger partial charge on any atom is -0.387 e. The molecule has 1 aliphatic heterocycles. The minimum absolute atomic E-state index is 0.576. The monoisotopic (exact) mass is 252 g/mol. The molecular weight excluding hydrogens is 228 g/mol. The number of rotatable bonds is 4. The van der Waals surface area contributed by atoms with Gasteiger partial charge in [0.05, 0.1) is 12.1 Å². The van der Waals surface area contributed by atoms with E-state index in [-0.39, 0.29) is 0 Å². The molecule has 1 N–H and O–H groups in total. The first-order chi connectivity index (χ1) is 8.48. The first-order valence-corrected chi connectivity index (χ1v) is 6.54. The Kier molecular flexibility index (Phi) is 4.04. The van der Waals surface area contributed by atoms with Crippen molar-refractivity contribution in [1.82, 2.24) is 19.4 Å². The average Bonchev–Trinajstić information content (AvgIpc) is 2.62. The van der Waals surface area contributed by atoms with E-state index < -0.39 is 5.60 Å². The number of aromatic nitrogens is 2. The Morgan fingerprint density at radius 3 is 2.89 bits per heavy atom. The van der Waals surface area contributed by atoms with Crippen molar-refractivity contribution in [2.24, 2.45) is 7.05 Å². The molecule has 1 aromatic rings. The van der Waals surface area contributed by atoms with E-state index in [0.29, 0.717) is 0 Å². The summed E-state index contributed by atoms with van der Waals surface area (Å²) < 4.78 is 2.04. The number of likely N-dealkylation sites (tertiary alicyclic amines) is 1. The van der Waals surface area contributed by atoms with Crippen molar-refractivity contribution in [1.29, 1.82) is 0 Å². The summed E-state index contributed by atoms with van der Waals surface area (Å²) in [6, 6.07) is 0. The largest absolute Gasteiger partial charge is 0.387 e. The number of hydrogen-bond acceptors (Lipinski definition) is 4. The number of likely N-dealkylation sites (N-methyl/N-ethyl adjacent to an activating group) is 1. The van der Waals surface area contributed by atoms with Gasteiger partial charge in [-0.1, -0.05) is 0 Å². The fourth-order valence-electron chi connectivity index (χ4n) is 2.81. The summed E-state index contributed by atoms with van der Waals surface area (Å²) in [4.78, 5) is 8.71. The normalized spacial score (nSPS) is 25.8. The van der Waals surface area contributed by atoms with Gasteiger partial charge in [0.2, 0.25) is 0 Å². The first-order valence-electron chi connectivity index (χ1n) is 6.54. The number of piperidine rings is 1. The highest BCUT2D eigenvalue weighted by Crippen LogP contribution is 2.22. The van der Waals surface area contributed by atoms with Gasteiger partial charge in [-0.05, 0) is 33.5 Å². The standard InChI is InChI=1S/C13H24N4O/c1-15(2)10-13(18)5-4-7-17(11-13)9-12-14-6-8-16(12)3/h6,8,18H,4-5,7,9-11H2,1-3H3. The zero-order chi connectivity index (χ0) is 13.2. The highest BCUT2D eigenvalue weighted by molar-refractivity contribution is 4.95. The number of hydrogen-bond donors (Lipinski definition) is 1. The van der Waals surface area contributed by atoms with E-state index in [0.717, 1.165) is 44.8 Å². The van der Waals surface area contributed by atoms with Crippen molar-refractivity contribution in [3.63, 3.8) is 0 Å². The SMILES string of the molecule is CN(C)CC1(O)CCCN(Cc2nccn2C)C1. The molecule has 1 aliphatic rings. The topological polar surface area (TPSA) is 44.5 Å². The van der Waals surface area contributed by atoms with Crippen LogP contribution in [0.2, 0.25) is 0 Å². The summed E-state index contributed by atoms with van der Waals surface area (Å²) in [5.41, 5.74) is -0.576.